The van der Waals surface area contributed by atoms with Gasteiger partial charge in [-0.15, -0.1) is 11.3 Å². The van der Waals surface area contributed by atoms with Gasteiger partial charge in [-0.25, -0.2) is 19.9 Å². The zero-order valence-electron chi connectivity index (χ0n) is 18.1. The molecule has 0 saturated heterocycles. The van der Waals surface area contributed by atoms with Crippen LogP contribution in [0.25, 0.3) is 0 Å². The highest BCUT2D eigenvalue weighted by Crippen LogP contribution is 2.35. The van der Waals surface area contributed by atoms with Crippen molar-refractivity contribution < 1.29 is 27.6 Å². The van der Waals surface area contributed by atoms with E-state index in [4.69, 9.17) is 11.6 Å². The van der Waals surface area contributed by atoms with Crippen LogP contribution in [0, 0.1) is 0 Å². The molecule has 0 aliphatic heterocycles. The van der Waals surface area contributed by atoms with Crippen molar-refractivity contribution in [3.63, 3.8) is 0 Å². The largest absolute Gasteiger partial charge is 0.418 e. The number of hydrogen-bond acceptors (Lipinski definition) is 8. The first-order chi connectivity index (χ1) is 16.5. The van der Waals surface area contributed by atoms with Crippen LogP contribution in [0.4, 0.5) is 19.0 Å². The Morgan fingerprint density at radius 2 is 1.71 bits per heavy atom. The number of aromatic nitrogens is 4. The first-order valence-electron chi connectivity index (χ1n) is 9.90. The van der Waals surface area contributed by atoms with Crippen LogP contribution < -0.4 is 16.0 Å². The number of nitrogens with one attached hydrogen (secondary N) is 3. The molecule has 35 heavy (non-hydrogen) atoms. The Bertz CT molecular complexity index is 1270. The number of alkyl halides is 3. The molecule has 1 unspecified atom stereocenters. The predicted molar refractivity (Wildman–Crippen MR) is 120 cm³/mol. The standard InChI is InChI=1S/C20H17ClF3N7O3S/c1-3-25-16(32)12-5-13(29-8-28-12)17(33)30-9(2)19-27-7-14(35-19)18(34)31-15-4-10(20(22,23)24)11(21)6-26-15/h4-9H,3H2,1-2H3,(H,25,32)(H,30,33)(H,26,31,34). The van der Waals surface area contributed by atoms with Crippen molar-refractivity contribution in [2.75, 3.05) is 11.9 Å². The highest BCUT2D eigenvalue weighted by molar-refractivity contribution is 7.13. The Labute approximate surface area is 205 Å². The molecule has 0 aliphatic carbocycles. The summed E-state index contributed by atoms with van der Waals surface area (Å²) in [5, 5.41) is 7.23. The SMILES string of the molecule is CCNC(=O)c1cc(C(=O)NC(C)c2ncc(C(=O)Nc3cc(C(F)(F)F)c(Cl)cn3)s2)ncn1. The van der Waals surface area contributed by atoms with Gasteiger partial charge in [0.1, 0.15) is 33.4 Å². The van der Waals surface area contributed by atoms with E-state index in [1.165, 1.54) is 12.3 Å². The van der Waals surface area contributed by atoms with Gasteiger partial charge in [-0.1, -0.05) is 11.6 Å². The third-order valence-corrected chi connectivity index (χ3v) is 5.82. The van der Waals surface area contributed by atoms with Gasteiger partial charge in [0.2, 0.25) is 0 Å². The zero-order valence-corrected chi connectivity index (χ0v) is 19.7. The van der Waals surface area contributed by atoms with Gasteiger partial charge in [0.15, 0.2) is 0 Å². The van der Waals surface area contributed by atoms with Crippen molar-refractivity contribution in [3.05, 3.63) is 62.7 Å². The average Bonchev–Trinajstić information content (AvgIpc) is 3.30. The lowest BCUT2D eigenvalue weighted by molar-refractivity contribution is -0.137. The van der Waals surface area contributed by atoms with Crippen LogP contribution in [0.2, 0.25) is 5.02 Å². The minimum absolute atomic E-state index is 0.0253. The van der Waals surface area contributed by atoms with Gasteiger partial charge < -0.3 is 16.0 Å². The molecule has 15 heteroatoms. The maximum Gasteiger partial charge on any atom is 0.418 e. The van der Waals surface area contributed by atoms with Gasteiger partial charge in [0, 0.05) is 18.8 Å². The van der Waals surface area contributed by atoms with Crippen molar-refractivity contribution in [2.45, 2.75) is 26.1 Å². The highest BCUT2D eigenvalue weighted by Gasteiger charge is 2.34. The smallest absolute Gasteiger partial charge is 0.351 e. The van der Waals surface area contributed by atoms with Crippen molar-refractivity contribution in [1.29, 1.82) is 0 Å². The van der Waals surface area contributed by atoms with Crippen molar-refractivity contribution >= 4 is 46.5 Å². The topological polar surface area (TPSA) is 139 Å². The maximum atomic E-state index is 13.0. The van der Waals surface area contributed by atoms with E-state index in [-0.39, 0.29) is 22.1 Å². The fourth-order valence-corrected chi connectivity index (χ4v) is 3.71. The van der Waals surface area contributed by atoms with Crippen LogP contribution in [0.5, 0.6) is 0 Å². The summed E-state index contributed by atoms with van der Waals surface area (Å²) in [5.41, 5.74) is -1.15. The summed E-state index contributed by atoms with van der Waals surface area (Å²) >= 11 is 6.45. The van der Waals surface area contributed by atoms with E-state index >= 15 is 0 Å². The molecular formula is C20H17ClF3N7O3S. The second-order valence-electron chi connectivity index (χ2n) is 6.91. The summed E-state index contributed by atoms with van der Waals surface area (Å²) in [6.45, 7) is 3.74. The summed E-state index contributed by atoms with van der Waals surface area (Å²) < 4.78 is 39.0. The molecule has 0 aliphatic rings. The number of nitrogens with zero attached hydrogens (tertiary/aromatic N) is 4. The van der Waals surface area contributed by atoms with E-state index < -0.39 is 40.5 Å². The van der Waals surface area contributed by atoms with Gasteiger partial charge >= 0.3 is 6.18 Å². The van der Waals surface area contributed by atoms with Gasteiger partial charge in [0.25, 0.3) is 17.7 Å². The number of carbonyl (C=O) groups excluding carboxylic acids is 3. The number of carbonyl (C=O) groups is 3. The number of rotatable bonds is 7. The van der Waals surface area contributed by atoms with Crippen LogP contribution in [0.15, 0.2) is 30.9 Å². The monoisotopic (exact) mass is 527 g/mol. The Hall–Kier alpha value is -3.65. The fraction of sp³-hybridized carbons (Fsp3) is 0.250. The molecule has 184 valence electrons. The zero-order chi connectivity index (χ0) is 25.8. The molecule has 3 aromatic rings. The third kappa shape index (κ3) is 6.48. The van der Waals surface area contributed by atoms with Gasteiger partial charge in [0.05, 0.1) is 22.8 Å². The molecule has 0 aromatic carbocycles. The summed E-state index contributed by atoms with van der Waals surface area (Å²) in [4.78, 5) is 52.4. The Balaban J connectivity index is 1.67. The van der Waals surface area contributed by atoms with E-state index in [1.807, 2.05) is 0 Å². The first kappa shape index (κ1) is 26.0. The summed E-state index contributed by atoms with van der Waals surface area (Å²) in [6, 6.07) is 1.21. The number of anilines is 1. The molecule has 0 bridgehead atoms. The Kier molecular flexibility index (Phi) is 7.96. The molecule has 1 atom stereocenters. The lowest BCUT2D eigenvalue weighted by Crippen LogP contribution is -2.29. The minimum Gasteiger partial charge on any atom is -0.351 e. The number of amides is 3. The van der Waals surface area contributed by atoms with E-state index in [0.29, 0.717) is 17.6 Å². The maximum absolute atomic E-state index is 13.0. The van der Waals surface area contributed by atoms with E-state index in [1.54, 1.807) is 13.8 Å². The third-order valence-electron chi connectivity index (χ3n) is 4.34. The van der Waals surface area contributed by atoms with Crippen molar-refractivity contribution in [1.82, 2.24) is 30.6 Å². The molecule has 10 nitrogen and oxygen atoms in total. The van der Waals surface area contributed by atoms with Gasteiger partial charge in [-0.05, 0) is 19.9 Å². The molecule has 0 spiro atoms. The summed E-state index contributed by atoms with van der Waals surface area (Å²) in [7, 11) is 0. The molecule has 0 radical (unpaired) electrons. The van der Waals surface area contributed by atoms with Crippen LogP contribution in [0.3, 0.4) is 0 Å². The molecule has 3 N–H and O–H groups in total. The predicted octanol–water partition coefficient (Wildman–Crippen LogP) is 3.49. The van der Waals surface area contributed by atoms with Crippen LogP contribution in [-0.2, 0) is 6.18 Å². The fourth-order valence-electron chi connectivity index (χ4n) is 2.68. The molecule has 3 heterocycles. The molecular weight excluding hydrogens is 511 g/mol. The van der Waals surface area contributed by atoms with E-state index in [2.05, 4.69) is 35.9 Å². The average molecular weight is 528 g/mol. The number of thiazole rings is 1. The Morgan fingerprint density at radius 3 is 2.37 bits per heavy atom. The quantitative estimate of drug-likeness (QED) is 0.427. The normalized spacial score (nSPS) is 12.1. The molecule has 0 saturated carbocycles. The lowest BCUT2D eigenvalue weighted by atomic mass is 10.2. The molecule has 3 rings (SSSR count). The lowest BCUT2D eigenvalue weighted by Gasteiger charge is -2.11. The van der Waals surface area contributed by atoms with Crippen LogP contribution >= 0.6 is 22.9 Å². The molecule has 0 fully saturated rings. The second-order valence-corrected chi connectivity index (χ2v) is 8.38. The van der Waals surface area contributed by atoms with Crippen molar-refractivity contribution in [2.24, 2.45) is 0 Å². The van der Waals surface area contributed by atoms with Gasteiger partial charge in [-0.3, -0.25) is 14.4 Å². The second kappa shape index (κ2) is 10.7. The van der Waals surface area contributed by atoms with Crippen LogP contribution in [-0.4, -0.2) is 44.2 Å². The Morgan fingerprint density at radius 1 is 1.03 bits per heavy atom. The minimum atomic E-state index is -4.71. The molecule has 3 amide bonds. The van der Waals surface area contributed by atoms with E-state index in [9.17, 15) is 27.6 Å². The highest BCUT2D eigenvalue weighted by atomic mass is 35.5. The van der Waals surface area contributed by atoms with Gasteiger partial charge in [-0.2, -0.15) is 13.2 Å². The number of hydrogen-bond donors (Lipinski definition) is 3. The molecule has 3 aromatic heterocycles. The number of pyridine rings is 1. The summed E-state index contributed by atoms with van der Waals surface area (Å²) in [6.07, 6.45) is -1.61. The van der Waals surface area contributed by atoms with E-state index in [0.717, 1.165) is 23.9 Å². The van der Waals surface area contributed by atoms with Crippen molar-refractivity contribution in [3.8, 4) is 0 Å². The number of halogens is 4. The summed E-state index contributed by atoms with van der Waals surface area (Å²) in [5.74, 6) is -2.13. The first-order valence-corrected chi connectivity index (χ1v) is 11.1. The van der Waals surface area contributed by atoms with Crippen LogP contribution in [0.1, 0.15) is 61.1 Å².